The van der Waals surface area contributed by atoms with E-state index < -0.39 is 94.4 Å². The largest absolute Gasteiger partial charge is 0.378 e. The number of ether oxygens (including phenoxy) is 6. The van der Waals surface area contributed by atoms with E-state index in [-0.39, 0.29) is 262 Å². The molecule has 0 heterocycles. The summed E-state index contributed by atoms with van der Waals surface area (Å²) in [5.41, 5.74) is 27.4. The number of nitrogens with one attached hydrogen (secondary N) is 23. The molecule has 0 fully saturated rings. The highest BCUT2D eigenvalue weighted by Gasteiger charge is 2.36. The lowest BCUT2D eigenvalue weighted by molar-refractivity contribution is -0.130. The lowest BCUT2D eigenvalue weighted by Gasteiger charge is -2.34. The van der Waals surface area contributed by atoms with Gasteiger partial charge in [-0.2, -0.15) is 0 Å². The molecule has 0 unspecified atom stereocenters. The van der Waals surface area contributed by atoms with E-state index in [2.05, 4.69) is 90.4 Å². The van der Waals surface area contributed by atoms with Gasteiger partial charge in [0.15, 0.2) is 35.8 Å². The van der Waals surface area contributed by atoms with Crippen molar-refractivity contribution in [3.8, 4) is 0 Å². The maximum absolute atomic E-state index is 14.1. The van der Waals surface area contributed by atoms with E-state index in [4.69, 9.17) is 95.3 Å². The van der Waals surface area contributed by atoms with Gasteiger partial charge in [0.2, 0.25) is 47.3 Å². The third-order valence-corrected chi connectivity index (χ3v) is 14.0. The van der Waals surface area contributed by atoms with Crippen LogP contribution in [0.1, 0.15) is 103 Å². The van der Waals surface area contributed by atoms with Crippen molar-refractivity contribution < 1.29 is 81.2 Å². The average molecular weight is 1550 g/mol. The molecule has 0 bridgehead atoms. The zero-order valence-electron chi connectivity index (χ0n) is 62.2. The van der Waals surface area contributed by atoms with Crippen LogP contribution in [0.25, 0.3) is 0 Å². The molecule has 0 aliphatic rings. The molecule has 0 saturated heterocycles. The van der Waals surface area contributed by atoms with Crippen LogP contribution in [0.2, 0.25) is 0 Å². The fraction of sp³-hybridized carbons (Fsp3) is 0.635. The Labute approximate surface area is 631 Å². The van der Waals surface area contributed by atoms with E-state index in [1.165, 1.54) is 18.2 Å². The number of nitrogens with two attached hydrogens (primary N) is 6. The summed E-state index contributed by atoms with van der Waals surface area (Å²) in [4.78, 5) is 146. The topological polar surface area (TPSA) is 747 Å². The first-order chi connectivity index (χ1) is 51.6. The van der Waals surface area contributed by atoms with Crippen LogP contribution in [0.5, 0.6) is 0 Å². The zero-order valence-corrected chi connectivity index (χ0v) is 62.2. The Bertz CT molecular complexity index is 2750. The van der Waals surface area contributed by atoms with Crippen LogP contribution in [-0.2, 0) is 66.8 Å². The summed E-state index contributed by atoms with van der Waals surface area (Å²) in [7, 11) is 0. The Morgan fingerprint density at radius 1 is 0.266 bits per heavy atom. The number of hydrogen-bond acceptors (Lipinski definition) is 23. The van der Waals surface area contributed by atoms with Crippen LogP contribution in [0.4, 0.5) is 0 Å². The van der Waals surface area contributed by atoms with Crippen molar-refractivity contribution in [2.24, 2.45) is 34.4 Å². The van der Waals surface area contributed by atoms with Crippen molar-refractivity contribution in [3.05, 3.63) is 34.9 Å². The SMILES string of the molecule is CC(C)(C)NC(=O)c1cc(C(=O)NCCC(=O)NC(COCCC(=O)NCCNC(=N)N)(COCCC(=O)NCCNC(=N)N)COCCC(=O)NCCNC(=N)N)cc(C(=O)NCCC(=O)NC(COCCC(=O)NCCNC(=N)N)(COCCC(=O)NCCNC(=N)N)COCCC(=O)NCCNC(=N)N)c1. The van der Waals surface area contributed by atoms with Gasteiger partial charge in [0.25, 0.3) is 17.7 Å². The summed E-state index contributed by atoms with van der Waals surface area (Å²) in [5, 5.41) is 88.8. The van der Waals surface area contributed by atoms with Crippen LogP contribution in [0.3, 0.4) is 0 Å². The van der Waals surface area contributed by atoms with Gasteiger partial charge < -0.3 is 153 Å². The minimum Gasteiger partial charge on any atom is -0.378 e. The first-order valence-corrected chi connectivity index (χ1v) is 34.8. The minimum atomic E-state index is -1.60. The molecule has 1 aromatic carbocycles. The molecule has 614 valence electrons. The molecular formula is C63H115N29O17. The maximum Gasteiger partial charge on any atom is 0.251 e. The van der Waals surface area contributed by atoms with Crippen LogP contribution < -0.4 is 125 Å². The van der Waals surface area contributed by atoms with Gasteiger partial charge in [0.1, 0.15) is 11.1 Å². The summed E-state index contributed by atoms with van der Waals surface area (Å²) in [6, 6.07) is 3.63. The standard InChI is InChI=1S/C63H115N29O17/c1-61(2,3)92-54(103)43-33-41(52(101)82-12-4-50(99)90-62(35-104-26-6-44(93)76-14-20-84-55(64)65,36-105-27-7-45(94)77-15-21-85-56(66)67)37-106-28-8-46(95)78-16-22-86-57(68)69)32-42(34-43)53(102)83-13-5-51(100)91-63(38-107-29-9-47(96)79-17-23-87-58(70)71,39-108-30-10-48(97)80-18-24-88-59(72)73)40-109-31-11-49(98)81-19-25-89-60(74)75/h32-34H,4-31,35-40H2,1-3H3,(H,76,93)(H,77,94)(H,78,95)(H,79,96)(H,80,97)(H,81,98)(H,82,101)(H,83,102)(H,90,99)(H,91,100)(H,92,103)(H4,64,65,84)(H4,66,67,85)(H4,68,69,86)(H4,70,71,87)(H4,72,73,88)(H4,74,75,89). The lowest BCUT2D eigenvalue weighted by atomic mass is 10.0. The second-order valence-corrected chi connectivity index (χ2v) is 25.1. The van der Waals surface area contributed by atoms with Crippen molar-refractivity contribution in [1.82, 2.24) is 90.4 Å². The molecule has 1 rings (SSSR count). The highest BCUT2D eigenvalue weighted by Crippen LogP contribution is 2.16. The highest BCUT2D eigenvalue weighted by molar-refractivity contribution is 6.05. The first kappa shape index (κ1) is 95.8. The smallest absolute Gasteiger partial charge is 0.251 e. The molecule has 1 aromatic rings. The van der Waals surface area contributed by atoms with E-state index in [1.54, 1.807) is 20.8 Å². The molecule has 11 amide bonds. The highest BCUT2D eigenvalue weighted by atomic mass is 16.5. The quantitative estimate of drug-likeness (QED) is 0.0164. The van der Waals surface area contributed by atoms with Crippen molar-refractivity contribution >= 4 is 101 Å². The van der Waals surface area contributed by atoms with E-state index in [0.29, 0.717) is 0 Å². The number of guanidine groups is 6. The number of rotatable bonds is 59. The van der Waals surface area contributed by atoms with Crippen LogP contribution in [0.15, 0.2) is 18.2 Å². The number of carbonyl (C=O) groups excluding carboxylic acids is 11. The summed E-state index contributed by atoms with van der Waals surface area (Å²) in [6.45, 7) is 2.78. The molecular weight excluding hydrogens is 1430 g/mol. The van der Waals surface area contributed by atoms with Gasteiger partial charge >= 0.3 is 0 Å². The zero-order chi connectivity index (χ0) is 81.5. The maximum atomic E-state index is 14.1. The van der Waals surface area contributed by atoms with Crippen LogP contribution >= 0.6 is 0 Å². The molecule has 0 aromatic heterocycles. The minimum absolute atomic E-state index is 0.126. The van der Waals surface area contributed by atoms with Crippen molar-refractivity contribution in [2.75, 3.05) is 171 Å². The first-order valence-electron chi connectivity index (χ1n) is 34.8. The van der Waals surface area contributed by atoms with Crippen LogP contribution in [-0.4, -0.2) is 288 Å². The second kappa shape index (κ2) is 55.2. The Kier molecular flexibility index (Phi) is 48.5. The molecule has 0 aliphatic heterocycles. The Balaban J connectivity index is 3.61. The van der Waals surface area contributed by atoms with Gasteiger partial charge in [0, 0.05) is 165 Å². The van der Waals surface area contributed by atoms with E-state index in [1.807, 2.05) is 0 Å². The Morgan fingerprint density at radius 3 is 0.651 bits per heavy atom. The summed E-state index contributed by atoms with van der Waals surface area (Å²) < 4.78 is 35.7. The summed E-state index contributed by atoms with van der Waals surface area (Å²) in [6.07, 6.45) is -1.83. The lowest BCUT2D eigenvalue weighted by Crippen LogP contribution is -2.59. The van der Waals surface area contributed by atoms with Crippen molar-refractivity contribution in [1.29, 1.82) is 32.5 Å². The summed E-state index contributed by atoms with van der Waals surface area (Å²) >= 11 is 0. The predicted molar refractivity (Wildman–Crippen MR) is 399 cm³/mol. The molecule has 0 saturated carbocycles. The van der Waals surface area contributed by atoms with E-state index in [9.17, 15) is 52.7 Å². The van der Waals surface area contributed by atoms with Gasteiger partial charge in [-0.25, -0.2) is 0 Å². The fourth-order valence-corrected chi connectivity index (χ4v) is 8.92. The third kappa shape index (κ3) is 51.6. The normalized spacial score (nSPS) is 11.9. The fourth-order valence-electron chi connectivity index (χ4n) is 8.92. The third-order valence-electron chi connectivity index (χ3n) is 14.0. The van der Waals surface area contributed by atoms with Gasteiger partial charge in [-0.1, -0.05) is 0 Å². The van der Waals surface area contributed by atoms with E-state index >= 15 is 0 Å². The average Bonchev–Trinajstić information content (AvgIpc) is 0.829. The summed E-state index contributed by atoms with van der Waals surface area (Å²) in [5.74, 6) is -8.11. The molecule has 109 heavy (non-hydrogen) atoms. The molecule has 46 heteroatoms. The van der Waals surface area contributed by atoms with Crippen molar-refractivity contribution in [2.45, 2.75) is 88.8 Å². The molecule has 35 N–H and O–H groups in total. The number of carbonyl (C=O) groups is 11. The van der Waals surface area contributed by atoms with Crippen LogP contribution in [0, 0.1) is 32.5 Å². The van der Waals surface area contributed by atoms with Gasteiger partial charge in [-0.3, -0.25) is 85.2 Å². The second-order valence-electron chi connectivity index (χ2n) is 25.1. The number of benzene rings is 1. The monoisotopic (exact) mass is 1550 g/mol. The Hall–Kier alpha value is -11.2. The molecule has 46 nitrogen and oxygen atoms in total. The number of hydrogen-bond donors (Lipinski definition) is 29. The van der Waals surface area contributed by atoms with Gasteiger partial charge in [-0.05, 0) is 39.0 Å². The van der Waals surface area contributed by atoms with E-state index in [0.717, 1.165) is 0 Å². The molecule has 0 atom stereocenters. The number of amides is 11. The van der Waals surface area contributed by atoms with Gasteiger partial charge in [-0.15, -0.1) is 0 Å². The van der Waals surface area contributed by atoms with Crippen molar-refractivity contribution in [3.63, 3.8) is 0 Å². The predicted octanol–water partition coefficient (Wildman–Crippen LogP) is -9.80. The molecule has 0 spiro atoms. The van der Waals surface area contributed by atoms with Gasteiger partial charge in [0.05, 0.1) is 79.3 Å². The Morgan fingerprint density at radius 2 is 0.459 bits per heavy atom. The molecule has 0 radical (unpaired) electrons. The molecule has 0 aliphatic carbocycles.